The molecule has 0 atom stereocenters. The van der Waals surface area contributed by atoms with E-state index in [0.717, 1.165) is 11.4 Å². The van der Waals surface area contributed by atoms with Gasteiger partial charge in [0.1, 0.15) is 0 Å². The van der Waals surface area contributed by atoms with E-state index in [4.69, 9.17) is 5.73 Å². The predicted octanol–water partition coefficient (Wildman–Crippen LogP) is 1.34. The zero-order valence-electron chi connectivity index (χ0n) is 8.94. The fourth-order valence-corrected chi connectivity index (χ4v) is 1.60. The lowest BCUT2D eigenvalue weighted by Gasteiger charge is -2.03. The van der Waals surface area contributed by atoms with Gasteiger partial charge in [0.15, 0.2) is 0 Å². The molecular formula is C11H14N4. The molecule has 0 unspecified atom stereocenters. The molecule has 0 amide bonds. The Kier molecular flexibility index (Phi) is 2.51. The van der Waals surface area contributed by atoms with E-state index in [2.05, 4.69) is 42.4 Å². The first-order chi connectivity index (χ1) is 7.19. The van der Waals surface area contributed by atoms with Crippen molar-refractivity contribution in [3.63, 3.8) is 0 Å². The van der Waals surface area contributed by atoms with E-state index < -0.39 is 0 Å². The Morgan fingerprint density at radius 1 is 1.20 bits per heavy atom. The third-order valence-electron chi connectivity index (χ3n) is 2.22. The minimum absolute atomic E-state index is 0.421. The summed E-state index contributed by atoms with van der Waals surface area (Å²) in [6.07, 6.45) is 1.86. The van der Waals surface area contributed by atoms with Gasteiger partial charge in [-0.25, -0.2) is 4.68 Å². The summed E-state index contributed by atoms with van der Waals surface area (Å²) < 4.78 is 1.75. The Balaban J connectivity index is 2.44. The van der Waals surface area contributed by atoms with Crippen molar-refractivity contribution in [3.05, 3.63) is 41.2 Å². The average molecular weight is 202 g/mol. The number of hydrogen-bond acceptors (Lipinski definition) is 3. The fraction of sp³-hybridized carbons (Fsp3) is 0.273. The summed E-state index contributed by atoms with van der Waals surface area (Å²) in [5.41, 5.74) is 9.75. The lowest BCUT2D eigenvalue weighted by atomic mass is 10.1. The minimum atomic E-state index is 0.421. The van der Waals surface area contributed by atoms with Gasteiger partial charge in [-0.3, -0.25) is 0 Å². The summed E-state index contributed by atoms with van der Waals surface area (Å²) in [6, 6.07) is 6.27. The molecule has 2 aromatic rings. The van der Waals surface area contributed by atoms with Crippen molar-refractivity contribution in [2.24, 2.45) is 5.73 Å². The summed E-state index contributed by atoms with van der Waals surface area (Å²) in [6.45, 7) is 4.55. The van der Waals surface area contributed by atoms with E-state index in [1.165, 1.54) is 11.1 Å². The molecule has 4 nitrogen and oxygen atoms in total. The lowest BCUT2D eigenvalue weighted by Crippen LogP contribution is -1.96. The highest BCUT2D eigenvalue weighted by atomic mass is 15.4. The number of aryl methyl sites for hydroxylation is 2. The Hall–Kier alpha value is -1.68. The first-order valence-electron chi connectivity index (χ1n) is 4.89. The van der Waals surface area contributed by atoms with Gasteiger partial charge in [-0.15, -0.1) is 5.10 Å². The molecular weight excluding hydrogens is 188 g/mol. The normalized spacial score (nSPS) is 10.6. The Bertz CT molecular complexity index is 453. The molecule has 0 radical (unpaired) electrons. The van der Waals surface area contributed by atoms with E-state index >= 15 is 0 Å². The van der Waals surface area contributed by atoms with E-state index in [1.54, 1.807) is 4.68 Å². The van der Waals surface area contributed by atoms with Crippen LogP contribution in [0.5, 0.6) is 0 Å². The van der Waals surface area contributed by atoms with Gasteiger partial charge < -0.3 is 5.73 Å². The zero-order valence-corrected chi connectivity index (χ0v) is 8.94. The Labute approximate surface area is 88.7 Å². The zero-order chi connectivity index (χ0) is 10.8. The molecule has 0 fully saturated rings. The monoisotopic (exact) mass is 202 g/mol. The van der Waals surface area contributed by atoms with E-state index in [1.807, 2.05) is 6.20 Å². The van der Waals surface area contributed by atoms with Gasteiger partial charge in [0, 0.05) is 6.54 Å². The van der Waals surface area contributed by atoms with Gasteiger partial charge >= 0.3 is 0 Å². The van der Waals surface area contributed by atoms with Gasteiger partial charge in [0.2, 0.25) is 0 Å². The van der Waals surface area contributed by atoms with Crippen LogP contribution in [0.3, 0.4) is 0 Å². The quantitative estimate of drug-likeness (QED) is 0.799. The third-order valence-corrected chi connectivity index (χ3v) is 2.22. The highest BCUT2D eigenvalue weighted by Gasteiger charge is 2.02. The SMILES string of the molecule is Cc1cc(C)cc(-n2cc(CN)nn2)c1. The average Bonchev–Trinajstić information content (AvgIpc) is 2.64. The van der Waals surface area contributed by atoms with Crippen molar-refractivity contribution in [1.82, 2.24) is 15.0 Å². The van der Waals surface area contributed by atoms with Crippen LogP contribution in [-0.2, 0) is 6.54 Å². The van der Waals surface area contributed by atoms with Crippen molar-refractivity contribution >= 4 is 0 Å². The van der Waals surface area contributed by atoms with Crippen LogP contribution in [0.4, 0.5) is 0 Å². The standard InChI is InChI=1S/C11H14N4/c1-8-3-9(2)5-11(4-8)15-7-10(6-12)13-14-15/h3-5,7H,6,12H2,1-2H3. The second-order valence-electron chi connectivity index (χ2n) is 3.70. The van der Waals surface area contributed by atoms with Crippen molar-refractivity contribution in [2.45, 2.75) is 20.4 Å². The summed E-state index contributed by atoms with van der Waals surface area (Å²) in [5.74, 6) is 0. The van der Waals surface area contributed by atoms with Crippen LogP contribution in [-0.4, -0.2) is 15.0 Å². The molecule has 1 aromatic carbocycles. The molecule has 1 heterocycles. The molecule has 0 bridgehead atoms. The highest BCUT2D eigenvalue weighted by molar-refractivity contribution is 5.38. The van der Waals surface area contributed by atoms with Crippen LogP contribution in [0.1, 0.15) is 16.8 Å². The molecule has 2 N–H and O–H groups in total. The summed E-state index contributed by atoms with van der Waals surface area (Å²) >= 11 is 0. The number of hydrogen-bond donors (Lipinski definition) is 1. The van der Waals surface area contributed by atoms with E-state index in [9.17, 15) is 0 Å². The number of nitrogens with zero attached hydrogens (tertiary/aromatic N) is 3. The summed E-state index contributed by atoms with van der Waals surface area (Å²) in [4.78, 5) is 0. The number of benzene rings is 1. The molecule has 0 aliphatic carbocycles. The van der Waals surface area contributed by atoms with Gasteiger partial charge in [0.25, 0.3) is 0 Å². The van der Waals surface area contributed by atoms with E-state index in [0.29, 0.717) is 6.54 Å². The highest BCUT2D eigenvalue weighted by Crippen LogP contribution is 2.12. The molecule has 0 aliphatic heterocycles. The lowest BCUT2D eigenvalue weighted by molar-refractivity contribution is 0.795. The summed E-state index contributed by atoms with van der Waals surface area (Å²) in [7, 11) is 0. The molecule has 15 heavy (non-hydrogen) atoms. The first-order valence-corrected chi connectivity index (χ1v) is 4.89. The first kappa shape index (κ1) is 9.86. The maximum absolute atomic E-state index is 5.49. The van der Waals surface area contributed by atoms with Crippen LogP contribution in [0, 0.1) is 13.8 Å². The molecule has 0 spiro atoms. The molecule has 2 rings (SSSR count). The molecule has 4 heteroatoms. The van der Waals surface area contributed by atoms with Crippen LogP contribution >= 0.6 is 0 Å². The van der Waals surface area contributed by atoms with E-state index in [-0.39, 0.29) is 0 Å². The van der Waals surface area contributed by atoms with Gasteiger partial charge in [-0.05, 0) is 37.1 Å². The number of rotatable bonds is 2. The molecule has 0 saturated heterocycles. The van der Waals surface area contributed by atoms with Gasteiger partial charge in [-0.1, -0.05) is 11.3 Å². The van der Waals surface area contributed by atoms with Crippen molar-refractivity contribution in [1.29, 1.82) is 0 Å². The minimum Gasteiger partial charge on any atom is -0.325 e. The molecule has 0 aliphatic rings. The molecule has 1 aromatic heterocycles. The van der Waals surface area contributed by atoms with Gasteiger partial charge in [-0.2, -0.15) is 0 Å². The third kappa shape index (κ3) is 2.05. The van der Waals surface area contributed by atoms with Crippen LogP contribution in [0.15, 0.2) is 24.4 Å². The predicted molar refractivity (Wildman–Crippen MR) is 58.7 cm³/mol. The van der Waals surface area contributed by atoms with Crippen molar-refractivity contribution in [2.75, 3.05) is 0 Å². The Morgan fingerprint density at radius 2 is 1.87 bits per heavy atom. The van der Waals surface area contributed by atoms with Crippen molar-refractivity contribution in [3.8, 4) is 5.69 Å². The topological polar surface area (TPSA) is 56.7 Å². The van der Waals surface area contributed by atoms with Crippen molar-refractivity contribution < 1.29 is 0 Å². The number of nitrogens with two attached hydrogens (primary N) is 1. The fourth-order valence-electron chi connectivity index (χ4n) is 1.60. The van der Waals surface area contributed by atoms with Crippen LogP contribution in [0.25, 0.3) is 5.69 Å². The van der Waals surface area contributed by atoms with Gasteiger partial charge in [0.05, 0.1) is 17.6 Å². The summed E-state index contributed by atoms with van der Waals surface area (Å²) in [5, 5.41) is 7.98. The smallest absolute Gasteiger partial charge is 0.0967 e. The molecule has 0 saturated carbocycles. The Morgan fingerprint density at radius 3 is 2.40 bits per heavy atom. The number of aromatic nitrogens is 3. The van der Waals surface area contributed by atoms with Crippen LogP contribution in [0.2, 0.25) is 0 Å². The second kappa shape index (κ2) is 3.82. The second-order valence-corrected chi connectivity index (χ2v) is 3.70. The largest absolute Gasteiger partial charge is 0.325 e. The molecule has 78 valence electrons. The van der Waals surface area contributed by atoms with Crippen LogP contribution < -0.4 is 5.73 Å². The maximum atomic E-state index is 5.49. The maximum Gasteiger partial charge on any atom is 0.0967 e.